The Hall–Kier alpha value is -1.72. The van der Waals surface area contributed by atoms with Crippen LogP contribution < -0.4 is 10.6 Å². The second kappa shape index (κ2) is 2.88. The molecule has 0 amide bonds. The monoisotopic (exact) mass is 195 g/mol. The highest BCUT2D eigenvalue weighted by molar-refractivity contribution is 5.82. The van der Waals surface area contributed by atoms with Crippen molar-refractivity contribution < 1.29 is 0 Å². The summed E-state index contributed by atoms with van der Waals surface area (Å²) in [4.78, 5) is 0. The van der Waals surface area contributed by atoms with Crippen molar-refractivity contribution in [2.75, 3.05) is 0 Å². The van der Waals surface area contributed by atoms with E-state index in [-0.39, 0.29) is 0 Å². The minimum atomic E-state index is 0.489. The fourth-order valence-corrected chi connectivity index (χ4v) is 2.29. The number of aryl methyl sites for hydroxylation is 1. The van der Waals surface area contributed by atoms with Gasteiger partial charge in [0.15, 0.2) is 0 Å². The highest BCUT2D eigenvalue weighted by Gasteiger charge is 2.06. The standard InChI is InChI=1S/C14H13N/c1-10-7-8-14-12(9-10)11-5-3-4-6-13(11)15(14)2/h3-7,9-10H,1-2H3. The smallest absolute Gasteiger partial charge is 0.0916 e. The van der Waals surface area contributed by atoms with Crippen LogP contribution in [0.3, 0.4) is 0 Å². The van der Waals surface area contributed by atoms with Gasteiger partial charge in [-0.2, -0.15) is 0 Å². The molecule has 0 bridgehead atoms. The zero-order chi connectivity index (χ0) is 10.4. The second-order valence-corrected chi connectivity index (χ2v) is 4.18. The van der Waals surface area contributed by atoms with Crippen LogP contribution in [0.4, 0.5) is 0 Å². The van der Waals surface area contributed by atoms with Crippen molar-refractivity contribution in [2.45, 2.75) is 6.92 Å². The first-order chi connectivity index (χ1) is 7.27. The maximum absolute atomic E-state index is 3.38. The molecule has 1 aromatic carbocycles. The molecule has 0 fully saturated rings. The van der Waals surface area contributed by atoms with E-state index in [9.17, 15) is 0 Å². The van der Waals surface area contributed by atoms with Crippen molar-refractivity contribution in [1.29, 1.82) is 0 Å². The van der Waals surface area contributed by atoms with Gasteiger partial charge in [0.05, 0.1) is 5.35 Å². The molecule has 1 aliphatic rings. The maximum Gasteiger partial charge on any atom is 0.0916 e. The lowest BCUT2D eigenvalue weighted by Crippen LogP contribution is -2.28. The molecule has 1 atom stereocenters. The van der Waals surface area contributed by atoms with Crippen LogP contribution in [0.1, 0.15) is 6.92 Å². The van der Waals surface area contributed by atoms with Gasteiger partial charge in [0.25, 0.3) is 0 Å². The van der Waals surface area contributed by atoms with Gasteiger partial charge < -0.3 is 4.57 Å². The van der Waals surface area contributed by atoms with Crippen LogP contribution in [-0.2, 0) is 7.05 Å². The average Bonchev–Trinajstić information content (AvgIpc) is 2.54. The Morgan fingerprint density at radius 1 is 1.27 bits per heavy atom. The van der Waals surface area contributed by atoms with Crippen LogP contribution in [-0.4, -0.2) is 4.57 Å². The van der Waals surface area contributed by atoms with Gasteiger partial charge in [0, 0.05) is 29.1 Å². The molecule has 0 N–H and O–H groups in total. The number of allylic oxidation sites excluding steroid dienone is 1. The van der Waals surface area contributed by atoms with E-state index in [1.807, 2.05) is 0 Å². The van der Waals surface area contributed by atoms with Crippen LogP contribution in [0.2, 0.25) is 0 Å². The Morgan fingerprint density at radius 2 is 2.07 bits per heavy atom. The zero-order valence-corrected chi connectivity index (χ0v) is 8.99. The summed E-state index contributed by atoms with van der Waals surface area (Å²) in [5.74, 6) is 0.489. The van der Waals surface area contributed by atoms with Gasteiger partial charge in [-0.25, -0.2) is 0 Å². The Bertz CT molecular complexity index is 682. The molecule has 0 saturated heterocycles. The molecule has 1 aliphatic carbocycles. The molecule has 3 rings (SSSR count). The quantitative estimate of drug-likeness (QED) is 0.601. The van der Waals surface area contributed by atoms with Crippen LogP contribution in [0.15, 0.2) is 30.3 Å². The van der Waals surface area contributed by atoms with Gasteiger partial charge in [0.1, 0.15) is 0 Å². The van der Waals surface area contributed by atoms with E-state index < -0.39 is 0 Å². The summed E-state index contributed by atoms with van der Waals surface area (Å²) in [6, 6.07) is 8.53. The molecule has 0 radical (unpaired) electrons. The van der Waals surface area contributed by atoms with Gasteiger partial charge in [0.2, 0.25) is 0 Å². The Morgan fingerprint density at radius 3 is 2.93 bits per heavy atom. The number of benzene rings is 1. The highest BCUT2D eigenvalue weighted by atomic mass is 14.9. The third-order valence-electron chi connectivity index (χ3n) is 3.06. The topological polar surface area (TPSA) is 4.93 Å². The Balaban J connectivity index is 2.68. The summed E-state index contributed by atoms with van der Waals surface area (Å²) in [7, 11) is 2.10. The number of fused-ring (bicyclic) bond motifs is 3. The largest absolute Gasteiger partial charge is 0.337 e. The van der Waals surface area contributed by atoms with Crippen LogP contribution >= 0.6 is 0 Å². The van der Waals surface area contributed by atoms with E-state index in [0.29, 0.717) is 5.92 Å². The predicted molar refractivity (Wildman–Crippen MR) is 63.8 cm³/mol. The maximum atomic E-state index is 3.38. The minimum Gasteiger partial charge on any atom is -0.337 e. The molecule has 0 aliphatic heterocycles. The number of rotatable bonds is 0. The van der Waals surface area contributed by atoms with Crippen LogP contribution in [0.5, 0.6) is 0 Å². The van der Waals surface area contributed by atoms with Crippen molar-refractivity contribution in [3.8, 4) is 0 Å². The summed E-state index contributed by atoms with van der Waals surface area (Å²) in [6.07, 6.45) is 4.44. The number of hydrogen-bond donors (Lipinski definition) is 0. The highest BCUT2D eigenvalue weighted by Crippen LogP contribution is 2.09. The van der Waals surface area contributed by atoms with E-state index in [0.717, 1.165) is 0 Å². The van der Waals surface area contributed by atoms with Crippen LogP contribution in [0.25, 0.3) is 22.7 Å². The van der Waals surface area contributed by atoms with Crippen molar-refractivity contribution in [3.05, 3.63) is 40.9 Å². The Kier molecular flexibility index (Phi) is 1.65. The molecule has 1 aromatic heterocycles. The predicted octanol–water partition coefficient (Wildman–Crippen LogP) is 1.54. The second-order valence-electron chi connectivity index (χ2n) is 4.18. The Labute approximate surface area is 88.6 Å². The molecular formula is C14H13N. The van der Waals surface area contributed by atoms with Gasteiger partial charge in [-0.1, -0.05) is 36.9 Å². The first-order valence-electron chi connectivity index (χ1n) is 5.29. The molecule has 0 spiro atoms. The molecule has 15 heavy (non-hydrogen) atoms. The first kappa shape index (κ1) is 8.58. The number of nitrogens with zero attached hydrogens (tertiary/aromatic N) is 1. The lowest BCUT2D eigenvalue weighted by atomic mass is 10.1. The lowest BCUT2D eigenvalue weighted by Gasteiger charge is -1.98. The summed E-state index contributed by atoms with van der Waals surface area (Å²) >= 11 is 0. The third-order valence-corrected chi connectivity index (χ3v) is 3.06. The third kappa shape index (κ3) is 1.10. The van der Waals surface area contributed by atoms with Crippen molar-refractivity contribution in [2.24, 2.45) is 13.0 Å². The summed E-state index contributed by atoms with van der Waals surface area (Å²) in [6.45, 7) is 2.19. The summed E-state index contributed by atoms with van der Waals surface area (Å²) < 4.78 is 2.21. The fraction of sp³-hybridized carbons (Fsp3) is 0.214. The van der Waals surface area contributed by atoms with E-state index in [2.05, 4.69) is 60.7 Å². The molecule has 2 aromatic rings. The molecule has 1 heterocycles. The SMILES string of the molecule is CC1C=C=c2c(c3ccccc3n2C)=C1. The van der Waals surface area contributed by atoms with E-state index >= 15 is 0 Å². The van der Waals surface area contributed by atoms with Gasteiger partial charge in [-0.15, -0.1) is 0 Å². The molecular weight excluding hydrogens is 182 g/mol. The van der Waals surface area contributed by atoms with E-state index in [1.54, 1.807) is 0 Å². The van der Waals surface area contributed by atoms with Crippen LogP contribution in [0, 0.1) is 5.92 Å². The zero-order valence-electron chi connectivity index (χ0n) is 8.99. The van der Waals surface area contributed by atoms with Gasteiger partial charge in [-0.05, 0) is 12.1 Å². The molecule has 74 valence electrons. The van der Waals surface area contributed by atoms with E-state index in [4.69, 9.17) is 0 Å². The van der Waals surface area contributed by atoms with E-state index in [1.165, 1.54) is 21.5 Å². The minimum absolute atomic E-state index is 0.489. The first-order valence-corrected chi connectivity index (χ1v) is 5.29. The normalized spacial score (nSPS) is 18.4. The average molecular weight is 195 g/mol. The summed E-state index contributed by atoms with van der Waals surface area (Å²) in [5, 5.41) is 3.87. The molecule has 1 unspecified atom stereocenters. The number of aromatic nitrogens is 1. The molecule has 1 nitrogen and oxygen atoms in total. The fourth-order valence-electron chi connectivity index (χ4n) is 2.29. The van der Waals surface area contributed by atoms with Gasteiger partial charge >= 0.3 is 0 Å². The summed E-state index contributed by atoms with van der Waals surface area (Å²) in [5.41, 5.74) is 4.66. The van der Waals surface area contributed by atoms with Gasteiger partial charge in [-0.3, -0.25) is 0 Å². The van der Waals surface area contributed by atoms with Crippen molar-refractivity contribution in [3.63, 3.8) is 0 Å². The van der Waals surface area contributed by atoms with Crippen molar-refractivity contribution in [1.82, 2.24) is 4.57 Å². The molecule has 0 saturated carbocycles. The number of hydrogen-bond acceptors (Lipinski definition) is 0. The lowest BCUT2D eigenvalue weighted by molar-refractivity contribution is 0.913. The number of para-hydroxylation sites is 1. The molecule has 1 heteroatoms. The van der Waals surface area contributed by atoms with Crippen molar-refractivity contribution >= 4 is 22.7 Å².